The predicted octanol–water partition coefficient (Wildman–Crippen LogP) is 3.74. The third-order valence-electron chi connectivity index (χ3n) is 3.44. The van der Waals surface area contributed by atoms with Crippen LogP contribution >= 0.6 is 15.9 Å². The topological polar surface area (TPSA) is 112 Å². The van der Waals surface area contributed by atoms with Crippen LogP contribution in [0.4, 0.5) is 5.82 Å². The van der Waals surface area contributed by atoms with Gasteiger partial charge in [-0.2, -0.15) is 0 Å². The van der Waals surface area contributed by atoms with Gasteiger partial charge in [0.15, 0.2) is 5.34 Å². The van der Waals surface area contributed by atoms with Gasteiger partial charge in [0.2, 0.25) is 0 Å². The van der Waals surface area contributed by atoms with E-state index in [1.807, 2.05) is 0 Å². The number of rotatable bonds is 3. The van der Waals surface area contributed by atoms with Gasteiger partial charge in [0.05, 0.1) is 0 Å². The van der Waals surface area contributed by atoms with Crippen molar-refractivity contribution in [1.29, 1.82) is 0 Å². The fraction of sp³-hybridized carbons (Fsp3) is 0.538. The Morgan fingerprint density at radius 2 is 2.00 bits per heavy atom. The van der Waals surface area contributed by atoms with E-state index in [1.165, 1.54) is 24.6 Å². The number of carbonyl (C=O) groups is 1. The highest BCUT2D eigenvalue weighted by molar-refractivity contribution is 9.10. The molecule has 1 aliphatic rings. The summed E-state index contributed by atoms with van der Waals surface area (Å²) in [5.74, 6) is -0.435. The molecule has 1 aromatic rings. The average molecular weight is 360 g/mol. The zero-order chi connectivity index (χ0) is 15.8. The Hall–Kier alpha value is -1.70. The highest BCUT2D eigenvalue weighted by atomic mass is 79.9. The van der Waals surface area contributed by atoms with Gasteiger partial charge in [-0.25, -0.2) is 9.78 Å². The summed E-state index contributed by atoms with van der Waals surface area (Å²) in [6, 6.07) is 0.352. The van der Waals surface area contributed by atoms with Crippen molar-refractivity contribution in [1.82, 2.24) is 4.98 Å². The molecular formula is C13H18BrN3O4. The molecule has 0 bridgehead atoms. The number of pyridine rings is 1. The van der Waals surface area contributed by atoms with Crippen LogP contribution in [-0.4, -0.2) is 27.3 Å². The number of aromatic nitrogens is 1. The molecule has 0 amide bonds. The maximum absolute atomic E-state index is 11.3. The van der Waals surface area contributed by atoms with Gasteiger partial charge in [-0.3, -0.25) is 0 Å². The monoisotopic (exact) mass is 359 g/mol. The lowest BCUT2D eigenvalue weighted by Gasteiger charge is -2.24. The number of nitrogens with one attached hydrogen (secondary N) is 1. The predicted molar refractivity (Wildman–Crippen MR) is 81.7 cm³/mol. The first-order valence-corrected chi connectivity index (χ1v) is 7.42. The van der Waals surface area contributed by atoms with Crippen LogP contribution in [0.3, 0.4) is 0 Å². The summed E-state index contributed by atoms with van der Waals surface area (Å²) in [6.45, 7) is 1.79. The van der Waals surface area contributed by atoms with Gasteiger partial charge in [0.25, 0.3) is 0 Å². The molecule has 0 radical (unpaired) electrons. The highest BCUT2D eigenvalue weighted by Crippen LogP contribution is 2.27. The fourth-order valence-electron chi connectivity index (χ4n) is 2.39. The summed E-state index contributed by atoms with van der Waals surface area (Å²) < 4.78 is 0.731. The van der Waals surface area contributed by atoms with Crippen LogP contribution in [0.25, 0.3) is 0 Å². The Balaban J connectivity index is 0.000000677. The Kier molecular flexibility index (Phi) is 7.07. The van der Waals surface area contributed by atoms with Crippen molar-refractivity contribution in [3.8, 4) is 0 Å². The maximum Gasteiger partial charge on any atom is 0.339 e. The molecule has 1 saturated carbocycles. The number of hydrogen-bond acceptors (Lipinski definition) is 5. The molecule has 21 heavy (non-hydrogen) atoms. The maximum atomic E-state index is 11.3. The third-order valence-corrected chi connectivity index (χ3v) is 4.24. The van der Waals surface area contributed by atoms with E-state index in [9.17, 15) is 9.90 Å². The largest absolute Gasteiger partial charge is 0.478 e. The molecule has 116 valence electrons. The minimum Gasteiger partial charge on any atom is -0.478 e. The molecule has 1 fully saturated rings. The molecule has 0 aromatic carbocycles. The molecule has 0 atom stereocenters. The first-order chi connectivity index (χ1) is 10.0. The van der Waals surface area contributed by atoms with E-state index in [2.05, 4.69) is 26.2 Å². The van der Waals surface area contributed by atoms with Gasteiger partial charge in [-0.1, -0.05) is 19.3 Å². The summed E-state index contributed by atoms with van der Waals surface area (Å²) in [5, 5.41) is 20.5. The number of hydrogen-bond donors (Lipinski definition) is 3. The average Bonchev–Trinajstić information content (AvgIpc) is 2.45. The standard InChI is InChI=1S/C13H17BrN2O2.HNO2/c1-8-10(14)7-15-12(11(8)13(17)18)16-9-5-3-2-4-6-9;2-1-3/h7,9H,2-6H2,1H3,(H,15,16)(H,17,18);(H,2,3). The van der Waals surface area contributed by atoms with E-state index in [-0.39, 0.29) is 5.56 Å². The van der Waals surface area contributed by atoms with Gasteiger partial charge in [-0.05, 0) is 41.3 Å². The first-order valence-electron chi connectivity index (χ1n) is 6.62. The van der Waals surface area contributed by atoms with E-state index in [1.54, 1.807) is 13.1 Å². The summed E-state index contributed by atoms with van der Waals surface area (Å²) in [5.41, 5.74) is 0.991. The van der Waals surface area contributed by atoms with Crippen molar-refractivity contribution in [2.75, 3.05) is 5.32 Å². The number of nitrogens with zero attached hydrogens (tertiary/aromatic N) is 2. The molecule has 1 aromatic heterocycles. The number of carboxylic acid groups (broad SMARTS) is 1. The molecule has 8 heteroatoms. The number of halogens is 1. The molecule has 0 saturated heterocycles. The Labute approximate surface area is 130 Å². The second-order valence-electron chi connectivity index (χ2n) is 4.82. The van der Waals surface area contributed by atoms with Crippen LogP contribution in [-0.2, 0) is 0 Å². The van der Waals surface area contributed by atoms with Crippen molar-refractivity contribution in [3.05, 3.63) is 26.7 Å². The van der Waals surface area contributed by atoms with Crippen LogP contribution in [0, 0.1) is 11.8 Å². The lowest BCUT2D eigenvalue weighted by molar-refractivity contribution is 0.0696. The second kappa shape index (κ2) is 8.56. The van der Waals surface area contributed by atoms with E-state index in [4.69, 9.17) is 10.1 Å². The molecule has 1 heterocycles. The van der Waals surface area contributed by atoms with E-state index < -0.39 is 5.97 Å². The van der Waals surface area contributed by atoms with E-state index >= 15 is 0 Å². The lowest BCUT2D eigenvalue weighted by Crippen LogP contribution is -2.24. The zero-order valence-corrected chi connectivity index (χ0v) is 13.3. The Bertz CT molecular complexity index is 504. The molecule has 0 aliphatic heterocycles. The summed E-state index contributed by atoms with van der Waals surface area (Å²) in [4.78, 5) is 23.7. The van der Waals surface area contributed by atoms with Gasteiger partial charge >= 0.3 is 5.97 Å². The molecule has 0 unspecified atom stereocenters. The lowest BCUT2D eigenvalue weighted by atomic mass is 9.95. The van der Waals surface area contributed by atoms with Gasteiger partial charge in [0.1, 0.15) is 11.4 Å². The van der Waals surface area contributed by atoms with Crippen molar-refractivity contribution < 1.29 is 15.1 Å². The highest BCUT2D eigenvalue weighted by Gasteiger charge is 2.20. The zero-order valence-electron chi connectivity index (χ0n) is 11.7. The van der Waals surface area contributed by atoms with E-state index in [0.29, 0.717) is 11.9 Å². The van der Waals surface area contributed by atoms with Crippen LogP contribution in [0.1, 0.15) is 48.0 Å². The van der Waals surface area contributed by atoms with Crippen molar-refractivity contribution >= 4 is 27.7 Å². The number of aromatic carboxylic acids is 1. The Morgan fingerprint density at radius 1 is 1.43 bits per heavy atom. The second-order valence-corrected chi connectivity index (χ2v) is 5.68. The minimum atomic E-state index is -0.931. The molecule has 7 nitrogen and oxygen atoms in total. The van der Waals surface area contributed by atoms with Gasteiger partial charge < -0.3 is 15.6 Å². The van der Waals surface area contributed by atoms with Gasteiger partial charge in [0, 0.05) is 16.7 Å². The first kappa shape index (κ1) is 17.4. The van der Waals surface area contributed by atoms with Crippen LogP contribution in [0.2, 0.25) is 0 Å². The SMILES string of the molecule is Cc1c(Br)cnc(NC2CCCCC2)c1C(=O)O.O=NO. The van der Waals surface area contributed by atoms with Crippen molar-refractivity contribution in [2.24, 2.45) is 5.34 Å². The molecule has 2 rings (SSSR count). The van der Waals surface area contributed by atoms with E-state index in [0.717, 1.165) is 22.9 Å². The Morgan fingerprint density at radius 3 is 2.52 bits per heavy atom. The van der Waals surface area contributed by atoms with Crippen LogP contribution in [0.15, 0.2) is 16.0 Å². The van der Waals surface area contributed by atoms with Crippen molar-refractivity contribution in [2.45, 2.75) is 45.1 Å². The third kappa shape index (κ3) is 4.96. The molecule has 3 N–H and O–H groups in total. The van der Waals surface area contributed by atoms with Crippen molar-refractivity contribution in [3.63, 3.8) is 0 Å². The quantitative estimate of drug-likeness (QED) is 0.559. The molecular weight excluding hydrogens is 342 g/mol. The van der Waals surface area contributed by atoms with Crippen LogP contribution < -0.4 is 5.32 Å². The normalized spacial score (nSPS) is 14.8. The summed E-state index contributed by atoms with van der Waals surface area (Å²) in [7, 11) is 0. The fourth-order valence-corrected chi connectivity index (χ4v) is 2.69. The van der Waals surface area contributed by atoms with Crippen LogP contribution in [0.5, 0.6) is 0 Å². The molecule has 1 aliphatic carbocycles. The summed E-state index contributed by atoms with van der Waals surface area (Å²) in [6.07, 6.45) is 7.53. The minimum absolute atomic E-state index is 0.273. The number of anilines is 1. The summed E-state index contributed by atoms with van der Waals surface area (Å²) >= 11 is 3.32. The van der Waals surface area contributed by atoms with Gasteiger partial charge in [-0.15, -0.1) is 4.91 Å². The molecule has 0 spiro atoms. The smallest absolute Gasteiger partial charge is 0.339 e. The number of carboxylic acids is 1.